The number of halogens is 2. The maximum Gasteiger partial charge on any atom is 0.263 e. The molecule has 5 rings (SSSR count). The van der Waals surface area contributed by atoms with E-state index in [0.717, 1.165) is 11.3 Å². The minimum absolute atomic E-state index is 0.186. The fraction of sp³-hybridized carbons (Fsp3) is 0.333. The van der Waals surface area contributed by atoms with E-state index in [9.17, 15) is 9.18 Å². The number of pyridine rings is 1. The van der Waals surface area contributed by atoms with Crippen LogP contribution in [0.25, 0.3) is 22.2 Å². The van der Waals surface area contributed by atoms with E-state index in [4.69, 9.17) is 21.3 Å². The van der Waals surface area contributed by atoms with E-state index >= 15 is 0 Å². The predicted octanol–water partition coefficient (Wildman–Crippen LogP) is 3.72. The van der Waals surface area contributed by atoms with Crippen LogP contribution < -0.4 is 10.5 Å². The maximum absolute atomic E-state index is 15.0. The molecule has 10 heteroatoms. The topological polar surface area (TPSA) is 78.1 Å². The van der Waals surface area contributed by atoms with E-state index < -0.39 is 5.82 Å². The van der Waals surface area contributed by atoms with E-state index in [-0.39, 0.29) is 33.3 Å². The van der Waals surface area contributed by atoms with Gasteiger partial charge in [-0.25, -0.2) is 14.4 Å². The van der Waals surface area contributed by atoms with Crippen LogP contribution in [0.5, 0.6) is 0 Å². The second-order valence-electron chi connectivity index (χ2n) is 8.48. The summed E-state index contributed by atoms with van der Waals surface area (Å²) in [7, 11) is 3.54. The van der Waals surface area contributed by atoms with Crippen LogP contribution in [0.2, 0.25) is 5.02 Å². The molecule has 1 saturated heterocycles. The van der Waals surface area contributed by atoms with Crippen LogP contribution in [-0.4, -0.2) is 44.0 Å². The van der Waals surface area contributed by atoms with E-state index in [1.807, 2.05) is 24.9 Å². The lowest BCUT2D eigenvalue weighted by atomic mass is 10.1. The summed E-state index contributed by atoms with van der Waals surface area (Å²) >= 11 is 5.97. The molecule has 1 aliphatic heterocycles. The molecule has 34 heavy (non-hydrogen) atoms. The van der Waals surface area contributed by atoms with Crippen LogP contribution in [0, 0.1) is 19.7 Å². The number of fused-ring (bicyclic) bond motifs is 1. The molecule has 3 aromatic heterocycles. The first-order valence-electron chi connectivity index (χ1n) is 10.9. The average Bonchev–Trinajstić information content (AvgIpc) is 3.15. The first kappa shape index (κ1) is 22.5. The highest BCUT2D eigenvalue weighted by Crippen LogP contribution is 2.33. The van der Waals surface area contributed by atoms with Gasteiger partial charge in [0.15, 0.2) is 0 Å². The van der Waals surface area contributed by atoms with Crippen molar-refractivity contribution in [1.82, 2.24) is 24.3 Å². The van der Waals surface area contributed by atoms with Crippen LogP contribution in [0.3, 0.4) is 0 Å². The number of hydrogen-bond acceptors (Lipinski definition) is 6. The SMILES string of the molecule is Cc1c([C@@H]2CN(c3cc4nc(C)n(C)c(=O)c4c(-c4ccc(Cl)cc4F)n3)CCO2)cnn1C. The third kappa shape index (κ3) is 3.74. The zero-order valence-electron chi connectivity index (χ0n) is 19.3. The fourth-order valence-corrected chi connectivity index (χ4v) is 4.46. The lowest BCUT2D eigenvalue weighted by Gasteiger charge is -2.34. The number of rotatable bonds is 3. The Bertz CT molecular complexity index is 1480. The molecule has 176 valence electrons. The molecule has 0 amide bonds. The van der Waals surface area contributed by atoms with Crippen molar-refractivity contribution in [2.45, 2.75) is 20.0 Å². The summed E-state index contributed by atoms with van der Waals surface area (Å²) in [6.07, 6.45) is 1.63. The van der Waals surface area contributed by atoms with Gasteiger partial charge in [-0.2, -0.15) is 5.10 Å². The van der Waals surface area contributed by atoms with E-state index in [1.54, 1.807) is 32.2 Å². The van der Waals surface area contributed by atoms with Crippen molar-refractivity contribution in [3.63, 3.8) is 0 Å². The standard InChI is InChI=1S/C24H24ClFN6O2/c1-13-17(11-27-31(13)4)20-12-32(7-8-34-20)21-10-19-22(24(33)30(3)14(2)28-19)23(29-21)16-6-5-15(25)9-18(16)26/h5-6,9-11,20H,7-8,12H2,1-4H3/t20-/m0/s1. The van der Waals surface area contributed by atoms with E-state index in [2.05, 4.69) is 15.0 Å². The largest absolute Gasteiger partial charge is 0.370 e. The first-order valence-corrected chi connectivity index (χ1v) is 11.3. The molecule has 0 saturated carbocycles. The molecular formula is C24H24ClFN6O2. The number of ether oxygens (including phenoxy) is 1. The van der Waals surface area contributed by atoms with Gasteiger partial charge in [-0.05, 0) is 32.0 Å². The van der Waals surface area contributed by atoms with Crippen molar-refractivity contribution >= 4 is 28.3 Å². The lowest BCUT2D eigenvalue weighted by molar-refractivity contribution is 0.0391. The maximum atomic E-state index is 15.0. The Morgan fingerprint density at radius 2 is 1.97 bits per heavy atom. The number of morpholine rings is 1. The quantitative estimate of drug-likeness (QED) is 0.443. The summed E-state index contributed by atoms with van der Waals surface area (Å²) in [5, 5.41) is 4.87. The fourth-order valence-electron chi connectivity index (χ4n) is 4.30. The normalized spacial score (nSPS) is 16.4. The molecule has 1 fully saturated rings. The Balaban J connectivity index is 1.67. The minimum Gasteiger partial charge on any atom is -0.370 e. The third-order valence-corrected chi connectivity index (χ3v) is 6.70. The molecule has 0 radical (unpaired) electrons. The van der Waals surface area contributed by atoms with Crippen LogP contribution >= 0.6 is 11.6 Å². The summed E-state index contributed by atoms with van der Waals surface area (Å²) in [5.41, 5.74) is 2.68. The highest BCUT2D eigenvalue weighted by Gasteiger charge is 2.27. The lowest BCUT2D eigenvalue weighted by Crippen LogP contribution is -2.39. The Labute approximate surface area is 200 Å². The molecule has 8 nitrogen and oxygen atoms in total. The second-order valence-corrected chi connectivity index (χ2v) is 8.92. The summed E-state index contributed by atoms with van der Waals surface area (Å²) in [6.45, 7) is 5.40. The van der Waals surface area contributed by atoms with Gasteiger partial charge in [-0.3, -0.25) is 14.0 Å². The van der Waals surface area contributed by atoms with Crippen LogP contribution in [0.15, 0.2) is 35.3 Å². The Kier molecular flexibility index (Phi) is 5.61. The Morgan fingerprint density at radius 3 is 2.68 bits per heavy atom. The van der Waals surface area contributed by atoms with E-state index in [0.29, 0.717) is 36.9 Å². The van der Waals surface area contributed by atoms with Gasteiger partial charge < -0.3 is 9.64 Å². The van der Waals surface area contributed by atoms with Crippen LogP contribution in [0.4, 0.5) is 10.2 Å². The van der Waals surface area contributed by atoms with Gasteiger partial charge in [-0.1, -0.05) is 11.6 Å². The van der Waals surface area contributed by atoms with Crippen molar-refractivity contribution in [1.29, 1.82) is 0 Å². The summed E-state index contributed by atoms with van der Waals surface area (Å²) in [4.78, 5) is 24.7. The van der Waals surface area contributed by atoms with Crippen molar-refractivity contribution in [2.24, 2.45) is 14.1 Å². The molecular weight excluding hydrogens is 459 g/mol. The zero-order valence-corrected chi connectivity index (χ0v) is 20.1. The highest BCUT2D eigenvalue weighted by molar-refractivity contribution is 6.30. The summed E-state index contributed by atoms with van der Waals surface area (Å²) in [6, 6.07) is 6.14. The van der Waals surface area contributed by atoms with Gasteiger partial charge in [0.25, 0.3) is 5.56 Å². The van der Waals surface area contributed by atoms with Crippen LogP contribution in [0.1, 0.15) is 23.2 Å². The number of hydrogen-bond donors (Lipinski definition) is 0. The van der Waals surface area contributed by atoms with Crippen molar-refractivity contribution in [2.75, 3.05) is 24.6 Å². The summed E-state index contributed by atoms with van der Waals surface area (Å²) < 4.78 is 24.3. The number of benzene rings is 1. The molecule has 0 spiro atoms. The predicted molar refractivity (Wildman–Crippen MR) is 129 cm³/mol. The van der Waals surface area contributed by atoms with E-state index in [1.165, 1.54) is 10.6 Å². The first-order chi connectivity index (χ1) is 16.2. The second kappa shape index (κ2) is 8.48. The molecule has 1 aromatic carbocycles. The number of aryl methyl sites for hydroxylation is 2. The minimum atomic E-state index is -0.549. The number of anilines is 1. The molecule has 0 aliphatic carbocycles. The van der Waals surface area contributed by atoms with Crippen molar-refractivity contribution in [3.8, 4) is 11.3 Å². The van der Waals surface area contributed by atoms with Gasteiger partial charge >= 0.3 is 0 Å². The molecule has 4 aromatic rings. The molecule has 0 N–H and O–H groups in total. The average molecular weight is 483 g/mol. The van der Waals surface area contributed by atoms with Crippen molar-refractivity contribution in [3.05, 3.63) is 68.7 Å². The Hall–Kier alpha value is -3.30. The molecule has 1 atom stereocenters. The van der Waals surface area contributed by atoms with Crippen LogP contribution in [-0.2, 0) is 18.8 Å². The molecule has 1 aliphatic rings. The molecule has 4 heterocycles. The number of aromatic nitrogens is 5. The molecule has 0 unspecified atom stereocenters. The summed E-state index contributed by atoms with van der Waals surface area (Å²) in [5.74, 6) is 0.613. The monoisotopic (exact) mass is 482 g/mol. The third-order valence-electron chi connectivity index (χ3n) is 6.47. The van der Waals surface area contributed by atoms with Gasteiger partial charge in [-0.15, -0.1) is 0 Å². The Morgan fingerprint density at radius 1 is 1.18 bits per heavy atom. The number of nitrogens with zero attached hydrogens (tertiary/aromatic N) is 6. The van der Waals surface area contributed by atoms with Gasteiger partial charge in [0.05, 0.1) is 29.4 Å². The van der Waals surface area contributed by atoms with Gasteiger partial charge in [0, 0.05) is 55.1 Å². The molecule has 0 bridgehead atoms. The van der Waals surface area contributed by atoms with Gasteiger partial charge in [0.1, 0.15) is 23.6 Å². The van der Waals surface area contributed by atoms with Crippen molar-refractivity contribution < 1.29 is 9.13 Å². The van der Waals surface area contributed by atoms with Gasteiger partial charge in [0.2, 0.25) is 0 Å². The zero-order chi connectivity index (χ0) is 24.1. The smallest absolute Gasteiger partial charge is 0.263 e. The highest BCUT2D eigenvalue weighted by atomic mass is 35.5.